The topological polar surface area (TPSA) is 42.9 Å². The van der Waals surface area contributed by atoms with Crippen molar-refractivity contribution in [1.82, 2.24) is 9.97 Å². The molecule has 0 unspecified atom stereocenters. The number of hydrogen-bond donors (Lipinski definition) is 0. The molecule has 1 heterocycles. The molecule has 0 atom stereocenters. The number of nitrogens with zero attached hydrogens (tertiary/aromatic N) is 2. The zero-order chi connectivity index (χ0) is 14.4. The van der Waals surface area contributed by atoms with Crippen LogP contribution in [-0.4, -0.2) is 15.8 Å². The van der Waals surface area contributed by atoms with Gasteiger partial charge in [-0.05, 0) is 30.2 Å². The quantitative estimate of drug-likeness (QED) is 0.617. The van der Waals surface area contributed by atoms with Crippen molar-refractivity contribution >= 4 is 23.5 Å². The molecule has 1 aromatic heterocycles. The summed E-state index contributed by atoms with van der Waals surface area (Å²) in [7, 11) is 0. The molecule has 4 heteroatoms. The van der Waals surface area contributed by atoms with Crippen LogP contribution in [0.4, 0.5) is 0 Å². The lowest BCUT2D eigenvalue weighted by molar-refractivity contribution is 0.104. The highest BCUT2D eigenvalue weighted by atomic mass is 35.5. The molecule has 0 saturated heterocycles. The van der Waals surface area contributed by atoms with Crippen molar-refractivity contribution in [2.75, 3.05) is 0 Å². The zero-order valence-corrected chi connectivity index (χ0v) is 12.0. The third-order valence-electron chi connectivity index (χ3n) is 2.76. The number of aromatic nitrogens is 2. The highest BCUT2D eigenvalue weighted by Crippen LogP contribution is 2.11. The minimum absolute atomic E-state index is 0.157. The Kier molecular flexibility index (Phi) is 5.02. The number of aryl methyl sites for hydroxylation is 1. The van der Waals surface area contributed by atoms with Gasteiger partial charge in [0.25, 0.3) is 0 Å². The summed E-state index contributed by atoms with van der Waals surface area (Å²) < 4.78 is 0. The van der Waals surface area contributed by atoms with Crippen LogP contribution in [0.5, 0.6) is 0 Å². The highest BCUT2D eigenvalue weighted by molar-refractivity contribution is 6.30. The van der Waals surface area contributed by atoms with Gasteiger partial charge in [-0.2, -0.15) is 0 Å². The number of rotatable bonds is 5. The first-order chi connectivity index (χ1) is 9.69. The van der Waals surface area contributed by atoms with Crippen LogP contribution in [0.25, 0.3) is 6.08 Å². The van der Waals surface area contributed by atoms with Crippen LogP contribution in [0, 0.1) is 0 Å². The van der Waals surface area contributed by atoms with E-state index >= 15 is 0 Å². The normalized spacial score (nSPS) is 10.9. The first kappa shape index (κ1) is 14.4. The molecule has 20 heavy (non-hydrogen) atoms. The van der Waals surface area contributed by atoms with Crippen molar-refractivity contribution in [2.24, 2.45) is 0 Å². The van der Waals surface area contributed by atoms with Crippen LogP contribution in [-0.2, 0) is 6.42 Å². The van der Waals surface area contributed by atoms with Crippen molar-refractivity contribution in [3.63, 3.8) is 0 Å². The fourth-order valence-electron chi connectivity index (χ4n) is 1.70. The third kappa shape index (κ3) is 4.00. The molecule has 0 bridgehead atoms. The van der Waals surface area contributed by atoms with Gasteiger partial charge < -0.3 is 0 Å². The summed E-state index contributed by atoms with van der Waals surface area (Å²) in [4.78, 5) is 20.3. The van der Waals surface area contributed by atoms with E-state index in [2.05, 4.69) is 16.9 Å². The third-order valence-corrected chi connectivity index (χ3v) is 3.01. The molecule has 0 radical (unpaired) electrons. The standard InChI is InChI=1S/C16H15ClN2O/c1-2-3-14-10-19-15(11-18-14)16(20)9-6-12-4-7-13(17)8-5-12/h4-11H,2-3H2,1H3/b9-6+. The number of halogens is 1. The van der Waals surface area contributed by atoms with Gasteiger partial charge in [0, 0.05) is 11.2 Å². The van der Waals surface area contributed by atoms with E-state index in [4.69, 9.17) is 11.6 Å². The van der Waals surface area contributed by atoms with Crippen molar-refractivity contribution in [1.29, 1.82) is 0 Å². The lowest BCUT2D eigenvalue weighted by atomic mass is 10.2. The largest absolute Gasteiger partial charge is 0.287 e. The molecule has 102 valence electrons. The first-order valence-corrected chi connectivity index (χ1v) is 6.85. The molecule has 0 aliphatic carbocycles. The molecule has 3 nitrogen and oxygen atoms in total. The Labute approximate surface area is 123 Å². The Balaban J connectivity index is 2.05. The summed E-state index contributed by atoms with van der Waals surface area (Å²) in [6, 6.07) is 7.26. The number of hydrogen-bond acceptors (Lipinski definition) is 3. The minimum Gasteiger partial charge on any atom is -0.287 e. The summed E-state index contributed by atoms with van der Waals surface area (Å²) in [6.45, 7) is 2.08. The van der Waals surface area contributed by atoms with Crippen molar-refractivity contribution in [3.8, 4) is 0 Å². The average Bonchev–Trinajstić information content (AvgIpc) is 2.47. The Bertz CT molecular complexity index is 603. The van der Waals surface area contributed by atoms with Crippen LogP contribution in [0.3, 0.4) is 0 Å². The second kappa shape index (κ2) is 6.96. The number of benzene rings is 1. The lowest BCUT2D eigenvalue weighted by Crippen LogP contribution is -2.01. The molecule has 2 aromatic rings. The summed E-state index contributed by atoms with van der Waals surface area (Å²) in [5.74, 6) is -0.157. The van der Waals surface area contributed by atoms with E-state index < -0.39 is 0 Å². The molecule has 0 saturated carbocycles. The van der Waals surface area contributed by atoms with E-state index in [0.717, 1.165) is 24.1 Å². The Morgan fingerprint density at radius 1 is 1.20 bits per heavy atom. The molecular weight excluding hydrogens is 272 g/mol. The SMILES string of the molecule is CCCc1cnc(C(=O)/C=C/c2ccc(Cl)cc2)cn1. The molecule has 0 spiro atoms. The zero-order valence-electron chi connectivity index (χ0n) is 11.2. The van der Waals surface area contributed by atoms with Gasteiger partial charge in [0.2, 0.25) is 5.78 Å². The van der Waals surface area contributed by atoms with E-state index in [-0.39, 0.29) is 5.78 Å². The molecular formula is C16H15ClN2O. The number of ketones is 1. The van der Waals surface area contributed by atoms with Gasteiger partial charge in [-0.1, -0.05) is 43.2 Å². The van der Waals surface area contributed by atoms with Gasteiger partial charge in [0.1, 0.15) is 5.69 Å². The van der Waals surface area contributed by atoms with Gasteiger partial charge in [0.05, 0.1) is 11.9 Å². The van der Waals surface area contributed by atoms with Crippen LogP contribution in [0.2, 0.25) is 5.02 Å². The highest BCUT2D eigenvalue weighted by Gasteiger charge is 2.04. The smallest absolute Gasteiger partial charge is 0.205 e. The Morgan fingerprint density at radius 3 is 2.55 bits per heavy atom. The molecule has 1 aromatic carbocycles. The Hall–Kier alpha value is -2.00. The first-order valence-electron chi connectivity index (χ1n) is 6.48. The van der Waals surface area contributed by atoms with E-state index in [1.807, 2.05) is 12.1 Å². The molecule has 0 aliphatic rings. The molecule has 0 fully saturated rings. The summed E-state index contributed by atoms with van der Waals surface area (Å²) in [6.07, 6.45) is 8.31. The van der Waals surface area contributed by atoms with Crippen LogP contribution < -0.4 is 0 Å². The van der Waals surface area contributed by atoms with Crippen molar-refractivity contribution in [2.45, 2.75) is 19.8 Å². The monoisotopic (exact) mass is 286 g/mol. The minimum atomic E-state index is -0.157. The summed E-state index contributed by atoms with van der Waals surface area (Å²) in [5.41, 5.74) is 2.18. The average molecular weight is 287 g/mol. The maximum Gasteiger partial charge on any atom is 0.205 e. The number of carbonyl (C=O) groups excluding carboxylic acids is 1. The second-order valence-corrected chi connectivity index (χ2v) is 4.83. The fraction of sp³-hybridized carbons (Fsp3) is 0.188. The van der Waals surface area contributed by atoms with Crippen LogP contribution in [0.15, 0.2) is 42.7 Å². The fourth-order valence-corrected chi connectivity index (χ4v) is 1.82. The van der Waals surface area contributed by atoms with Crippen LogP contribution in [0.1, 0.15) is 35.1 Å². The molecule has 0 N–H and O–H groups in total. The molecule has 2 rings (SSSR count). The predicted octanol–water partition coefficient (Wildman–Crippen LogP) is 3.98. The maximum atomic E-state index is 11.9. The van der Waals surface area contributed by atoms with Gasteiger partial charge in [-0.25, -0.2) is 4.98 Å². The van der Waals surface area contributed by atoms with Gasteiger partial charge in [-0.15, -0.1) is 0 Å². The van der Waals surface area contributed by atoms with E-state index in [9.17, 15) is 4.79 Å². The number of allylic oxidation sites excluding steroid dienone is 1. The van der Waals surface area contributed by atoms with Gasteiger partial charge >= 0.3 is 0 Å². The second-order valence-electron chi connectivity index (χ2n) is 4.39. The Morgan fingerprint density at radius 2 is 1.95 bits per heavy atom. The van der Waals surface area contributed by atoms with Crippen molar-refractivity contribution < 1.29 is 4.79 Å². The summed E-state index contributed by atoms with van der Waals surface area (Å²) >= 11 is 5.80. The van der Waals surface area contributed by atoms with Gasteiger partial charge in [0.15, 0.2) is 0 Å². The lowest BCUT2D eigenvalue weighted by Gasteiger charge is -1.98. The van der Waals surface area contributed by atoms with E-state index in [1.165, 1.54) is 12.3 Å². The molecule has 0 amide bonds. The maximum absolute atomic E-state index is 11.9. The number of carbonyl (C=O) groups is 1. The summed E-state index contributed by atoms with van der Waals surface area (Å²) in [5, 5.41) is 0.672. The van der Waals surface area contributed by atoms with Crippen molar-refractivity contribution in [3.05, 3.63) is 64.7 Å². The van der Waals surface area contributed by atoms with Crippen LogP contribution >= 0.6 is 11.6 Å². The van der Waals surface area contributed by atoms with E-state index in [1.54, 1.807) is 24.4 Å². The van der Waals surface area contributed by atoms with Gasteiger partial charge in [-0.3, -0.25) is 9.78 Å². The molecule has 0 aliphatic heterocycles. The van der Waals surface area contributed by atoms with E-state index in [0.29, 0.717) is 10.7 Å². The predicted molar refractivity (Wildman–Crippen MR) is 80.8 cm³/mol.